The van der Waals surface area contributed by atoms with Crippen molar-refractivity contribution in [3.63, 3.8) is 0 Å². The topological polar surface area (TPSA) is 61.8 Å². The maximum atomic E-state index is 11.0. The zero-order chi connectivity index (χ0) is 13.3. The van der Waals surface area contributed by atoms with Crippen molar-refractivity contribution in [1.29, 1.82) is 0 Å². The van der Waals surface area contributed by atoms with Crippen molar-refractivity contribution in [2.75, 3.05) is 13.2 Å². The lowest BCUT2D eigenvalue weighted by Gasteiger charge is -2.24. The SMILES string of the molecule is CCCOCCC[Si](C)(OC(C)=O)OC(C)=O. The standard InChI is InChI=1S/C11H22O5Si/c1-5-7-14-8-6-9-17(4,15-10(2)12)16-11(3)13/h5-9H2,1-4H3. The largest absolute Gasteiger partial charge is 0.485 e. The predicted molar refractivity (Wildman–Crippen MR) is 65.7 cm³/mol. The highest BCUT2D eigenvalue weighted by Gasteiger charge is 2.37. The van der Waals surface area contributed by atoms with Gasteiger partial charge in [-0.1, -0.05) is 6.92 Å². The molecule has 0 aliphatic rings. The van der Waals surface area contributed by atoms with Crippen LogP contribution in [-0.4, -0.2) is 33.7 Å². The van der Waals surface area contributed by atoms with Gasteiger partial charge in [0.1, 0.15) is 0 Å². The molecule has 0 rings (SSSR count). The van der Waals surface area contributed by atoms with Crippen LogP contribution in [0.5, 0.6) is 0 Å². The molecule has 0 aromatic rings. The first kappa shape index (κ1) is 16.1. The molecule has 0 unspecified atom stereocenters. The van der Waals surface area contributed by atoms with E-state index in [0.29, 0.717) is 12.7 Å². The van der Waals surface area contributed by atoms with Crippen LogP contribution in [0.4, 0.5) is 0 Å². The lowest BCUT2D eigenvalue weighted by atomic mass is 10.5. The average molecular weight is 262 g/mol. The molecule has 0 saturated carbocycles. The minimum atomic E-state index is -2.71. The molecule has 0 atom stereocenters. The number of ether oxygens (including phenoxy) is 1. The molecule has 100 valence electrons. The molecule has 0 aromatic carbocycles. The Bertz CT molecular complexity index is 238. The van der Waals surface area contributed by atoms with Crippen LogP contribution in [0, 0.1) is 0 Å². The first-order chi connectivity index (χ1) is 7.89. The molecule has 0 spiro atoms. The van der Waals surface area contributed by atoms with Crippen molar-refractivity contribution in [3.8, 4) is 0 Å². The van der Waals surface area contributed by atoms with E-state index < -0.39 is 20.5 Å². The zero-order valence-corrected chi connectivity index (χ0v) is 12.1. The lowest BCUT2D eigenvalue weighted by Crippen LogP contribution is -2.41. The highest BCUT2D eigenvalue weighted by molar-refractivity contribution is 6.69. The number of rotatable bonds is 8. The van der Waals surface area contributed by atoms with E-state index in [1.165, 1.54) is 13.8 Å². The van der Waals surface area contributed by atoms with E-state index in [1.807, 2.05) is 6.92 Å². The van der Waals surface area contributed by atoms with Gasteiger partial charge < -0.3 is 13.6 Å². The van der Waals surface area contributed by atoms with Gasteiger partial charge in [-0.2, -0.15) is 0 Å². The predicted octanol–water partition coefficient (Wildman–Crippen LogP) is 2.00. The van der Waals surface area contributed by atoms with Crippen LogP contribution in [0.1, 0.15) is 33.6 Å². The van der Waals surface area contributed by atoms with Crippen LogP contribution in [0.25, 0.3) is 0 Å². The summed E-state index contributed by atoms with van der Waals surface area (Å²) in [7, 11) is -2.71. The number of hydrogen-bond donors (Lipinski definition) is 0. The highest BCUT2D eigenvalue weighted by Crippen LogP contribution is 2.16. The van der Waals surface area contributed by atoms with E-state index in [-0.39, 0.29) is 0 Å². The molecule has 0 N–H and O–H groups in total. The second-order valence-corrected chi connectivity index (χ2v) is 7.21. The van der Waals surface area contributed by atoms with Crippen LogP contribution in [0.3, 0.4) is 0 Å². The van der Waals surface area contributed by atoms with Crippen LogP contribution in [0.15, 0.2) is 0 Å². The number of carbonyl (C=O) groups is 2. The molecule has 0 amide bonds. The summed E-state index contributed by atoms with van der Waals surface area (Å²) < 4.78 is 15.6. The van der Waals surface area contributed by atoms with E-state index in [1.54, 1.807) is 6.55 Å². The van der Waals surface area contributed by atoms with Crippen molar-refractivity contribution in [3.05, 3.63) is 0 Å². The molecule has 5 nitrogen and oxygen atoms in total. The van der Waals surface area contributed by atoms with Gasteiger partial charge in [-0.25, -0.2) is 0 Å². The Morgan fingerprint density at radius 2 is 1.59 bits per heavy atom. The average Bonchev–Trinajstić information content (AvgIpc) is 2.14. The first-order valence-electron chi connectivity index (χ1n) is 5.86. The molecule has 0 aromatic heterocycles. The van der Waals surface area contributed by atoms with Gasteiger partial charge >= 0.3 is 8.56 Å². The van der Waals surface area contributed by atoms with E-state index in [9.17, 15) is 9.59 Å². The molecule has 0 bridgehead atoms. The number of hydrogen-bond acceptors (Lipinski definition) is 5. The summed E-state index contributed by atoms with van der Waals surface area (Å²) >= 11 is 0. The Kier molecular flexibility index (Phi) is 7.82. The molecule has 0 radical (unpaired) electrons. The van der Waals surface area contributed by atoms with Gasteiger partial charge in [0.05, 0.1) is 0 Å². The van der Waals surface area contributed by atoms with Crippen LogP contribution < -0.4 is 0 Å². The van der Waals surface area contributed by atoms with Crippen molar-refractivity contribution in [1.82, 2.24) is 0 Å². The Morgan fingerprint density at radius 1 is 1.06 bits per heavy atom. The second kappa shape index (κ2) is 8.24. The van der Waals surface area contributed by atoms with E-state index in [0.717, 1.165) is 19.4 Å². The molecule has 6 heteroatoms. The summed E-state index contributed by atoms with van der Waals surface area (Å²) in [5.41, 5.74) is 0. The van der Waals surface area contributed by atoms with Crippen molar-refractivity contribution >= 4 is 20.5 Å². The first-order valence-corrected chi connectivity index (χ1v) is 8.39. The quantitative estimate of drug-likeness (QED) is 0.494. The van der Waals surface area contributed by atoms with Gasteiger partial charge in [-0.05, 0) is 12.8 Å². The highest BCUT2D eigenvalue weighted by atomic mass is 28.4. The summed E-state index contributed by atoms with van der Waals surface area (Å²) in [6, 6.07) is 0.565. The monoisotopic (exact) mass is 262 g/mol. The van der Waals surface area contributed by atoms with E-state index in [2.05, 4.69) is 0 Å². The molecular weight excluding hydrogens is 240 g/mol. The van der Waals surface area contributed by atoms with Crippen LogP contribution in [-0.2, 0) is 23.2 Å². The molecule has 0 heterocycles. The normalized spacial score (nSPS) is 11.1. The van der Waals surface area contributed by atoms with E-state index >= 15 is 0 Å². The molecule has 17 heavy (non-hydrogen) atoms. The summed E-state index contributed by atoms with van der Waals surface area (Å²) in [6.45, 7) is 7.72. The van der Waals surface area contributed by atoms with Gasteiger partial charge in [0, 0.05) is 39.7 Å². The summed E-state index contributed by atoms with van der Waals surface area (Å²) in [5, 5.41) is 0. The zero-order valence-electron chi connectivity index (χ0n) is 11.1. The Balaban J connectivity index is 4.09. The summed E-state index contributed by atoms with van der Waals surface area (Å²) in [5.74, 6) is -0.815. The Morgan fingerprint density at radius 3 is 2.00 bits per heavy atom. The van der Waals surface area contributed by atoms with Gasteiger partial charge in [0.25, 0.3) is 11.9 Å². The fraction of sp³-hybridized carbons (Fsp3) is 0.818. The maximum absolute atomic E-state index is 11.0. The smallest absolute Gasteiger partial charge is 0.461 e. The lowest BCUT2D eigenvalue weighted by molar-refractivity contribution is -0.138. The van der Waals surface area contributed by atoms with Crippen molar-refractivity contribution in [2.24, 2.45) is 0 Å². The maximum Gasteiger partial charge on any atom is 0.461 e. The molecule has 0 saturated heterocycles. The molecule has 0 fully saturated rings. The third-order valence-corrected chi connectivity index (χ3v) is 4.69. The number of carbonyl (C=O) groups excluding carboxylic acids is 2. The summed E-state index contributed by atoms with van der Waals surface area (Å²) in [6.07, 6.45) is 1.70. The van der Waals surface area contributed by atoms with Gasteiger partial charge in [0.15, 0.2) is 0 Å². The summed E-state index contributed by atoms with van der Waals surface area (Å²) in [4.78, 5) is 21.9. The van der Waals surface area contributed by atoms with Gasteiger partial charge in [-0.15, -0.1) is 0 Å². The van der Waals surface area contributed by atoms with Crippen LogP contribution >= 0.6 is 0 Å². The molecule has 0 aliphatic heterocycles. The van der Waals surface area contributed by atoms with Crippen LogP contribution in [0.2, 0.25) is 12.6 Å². The molecule has 0 aliphatic carbocycles. The molecular formula is C11H22O5Si. The Labute approximate surface area is 104 Å². The minimum Gasteiger partial charge on any atom is -0.485 e. The van der Waals surface area contributed by atoms with Gasteiger partial charge in [0.2, 0.25) is 0 Å². The Hall–Kier alpha value is -0.883. The fourth-order valence-corrected chi connectivity index (χ4v) is 3.72. The third-order valence-electron chi connectivity index (χ3n) is 1.99. The third kappa shape index (κ3) is 8.88. The van der Waals surface area contributed by atoms with Crippen molar-refractivity contribution in [2.45, 2.75) is 46.2 Å². The minimum absolute atomic E-state index is 0.408. The van der Waals surface area contributed by atoms with E-state index in [4.69, 9.17) is 13.6 Å². The second-order valence-electron chi connectivity index (χ2n) is 4.04. The van der Waals surface area contributed by atoms with Gasteiger partial charge in [-0.3, -0.25) is 9.59 Å². The fourth-order valence-electron chi connectivity index (χ4n) is 1.47. The van der Waals surface area contributed by atoms with Crippen molar-refractivity contribution < 1.29 is 23.2 Å².